The predicted octanol–water partition coefficient (Wildman–Crippen LogP) is 6.99. The van der Waals surface area contributed by atoms with Gasteiger partial charge in [-0.15, -0.1) is 11.3 Å². The highest BCUT2D eigenvalue weighted by Crippen LogP contribution is 2.42. The fourth-order valence-corrected chi connectivity index (χ4v) is 4.75. The zero-order chi connectivity index (χ0) is 22.0. The SMILES string of the molecule is CCc1sc2ncnc(Nc3cccc(C(=O)OC(C)C)c3)c2c1-c1ccc(Br)cc1. The molecule has 4 rings (SSSR count). The highest BCUT2D eigenvalue weighted by molar-refractivity contribution is 9.10. The molecule has 0 radical (unpaired) electrons. The number of anilines is 2. The van der Waals surface area contributed by atoms with E-state index in [1.54, 1.807) is 29.8 Å². The number of hydrogen-bond donors (Lipinski definition) is 1. The summed E-state index contributed by atoms with van der Waals surface area (Å²) in [5, 5.41) is 4.38. The van der Waals surface area contributed by atoms with Crippen LogP contribution in [-0.2, 0) is 11.2 Å². The molecule has 2 aromatic heterocycles. The average molecular weight is 496 g/mol. The van der Waals surface area contributed by atoms with E-state index in [0.717, 1.165) is 37.9 Å². The van der Waals surface area contributed by atoms with Crippen molar-refractivity contribution in [2.45, 2.75) is 33.3 Å². The first kappa shape index (κ1) is 21.5. The number of carbonyl (C=O) groups excluding carboxylic acids is 1. The van der Waals surface area contributed by atoms with E-state index in [-0.39, 0.29) is 12.1 Å². The largest absolute Gasteiger partial charge is 0.459 e. The summed E-state index contributed by atoms with van der Waals surface area (Å²) in [6, 6.07) is 15.6. The minimum Gasteiger partial charge on any atom is -0.459 e. The summed E-state index contributed by atoms with van der Waals surface area (Å²) in [7, 11) is 0. The van der Waals surface area contributed by atoms with Gasteiger partial charge in [-0.2, -0.15) is 0 Å². The topological polar surface area (TPSA) is 64.1 Å². The number of halogens is 1. The molecule has 0 atom stereocenters. The lowest BCUT2D eigenvalue weighted by Gasteiger charge is -2.11. The predicted molar refractivity (Wildman–Crippen MR) is 130 cm³/mol. The third-order valence-corrected chi connectivity index (χ3v) is 6.49. The zero-order valence-electron chi connectivity index (χ0n) is 17.5. The van der Waals surface area contributed by atoms with E-state index in [4.69, 9.17) is 4.74 Å². The van der Waals surface area contributed by atoms with E-state index in [0.29, 0.717) is 11.4 Å². The Labute approximate surface area is 193 Å². The summed E-state index contributed by atoms with van der Waals surface area (Å²) >= 11 is 5.20. The van der Waals surface area contributed by atoms with Crippen molar-refractivity contribution < 1.29 is 9.53 Å². The summed E-state index contributed by atoms with van der Waals surface area (Å²) in [5.41, 5.74) is 3.53. The first-order valence-electron chi connectivity index (χ1n) is 10.1. The fraction of sp³-hybridized carbons (Fsp3) is 0.208. The molecule has 2 heterocycles. The smallest absolute Gasteiger partial charge is 0.338 e. The van der Waals surface area contributed by atoms with Crippen LogP contribution in [0.15, 0.2) is 59.3 Å². The van der Waals surface area contributed by atoms with E-state index in [2.05, 4.69) is 50.3 Å². The van der Waals surface area contributed by atoms with Crippen molar-refractivity contribution in [2.75, 3.05) is 5.32 Å². The maximum Gasteiger partial charge on any atom is 0.338 e. The number of aryl methyl sites for hydroxylation is 1. The number of hydrogen-bond acceptors (Lipinski definition) is 6. The highest BCUT2D eigenvalue weighted by atomic mass is 79.9. The number of fused-ring (bicyclic) bond motifs is 1. The van der Waals surface area contributed by atoms with Crippen molar-refractivity contribution in [3.05, 3.63) is 69.8 Å². The molecule has 7 heteroatoms. The Bertz CT molecular complexity index is 1240. The summed E-state index contributed by atoms with van der Waals surface area (Å²) in [6.07, 6.45) is 2.31. The number of nitrogens with zero attached hydrogens (tertiary/aromatic N) is 2. The number of nitrogens with one attached hydrogen (secondary N) is 1. The van der Waals surface area contributed by atoms with Crippen LogP contribution in [0.4, 0.5) is 11.5 Å². The van der Waals surface area contributed by atoms with Gasteiger partial charge in [0.2, 0.25) is 0 Å². The normalized spacial score (nSPS) is 11.1. The van der Waals surface area contributed by atoms with Crippen LogP contribution in [0.1, 0.15) is 36.0 Å². The molecule has 158 valence electrons. The Balaban J connectivity index is 1.78. The molecule has 5 nitrogen and oxygen atoms in total. The quantitative estimate of drug-likeness (QED) is 0.292. The third kappa shape index (κ3) is 4.62. The van der Waals surface area contributed by atoms with Crippen LogP contribution in [0, 0.1) is 0 Å². The van der Waals surface area contributed by atoms with Gasteiger partial charge in [-0.05, 0) is 56.2 Å². The second kappa shape index (κ2) is 9.16. The minimum absolute atomic E-state index is 0.169. The van der Waals surface area contributed by atoms with E-state index in [1.165, 1.54) is 4.88 Å². The summed E-state index contributed by atoms with van der Waals surface area (Å²) in [4.78, 5) is 23.5. The molecule has 0 bridgehead atoms. The van der Waals surface area contributed by atoms with Crippen molar-refractivity contribution in [2.24, 2.45) is 0 Å². The summed E-state index contributed by atoms with van der Waals surface area (Å²) in [6.45, 7) is 5.82. The lowest BCUT2D eigenvalue weighted by Crippen LogP contribution is -2.11. The van der Waals surface area contributed by atoms with Crippen LogP contribution >= 0.6 is 27.3 Å². The van der Waals surface area contributed by atoms with Crippen molar-refractivity contribution in [1.29, 1.82) is 0 Å². The van der Waals surface area contributed by atoms with E-state index in [9.17, 15) is 4.79 Å². The van der Waals surface area contributed by atoms with Crippen molar-refractivity contribution in [1.82, 2.24) is 9.97 Å². The monoisotopic (exact) mass is 495 g/mol. The third-order valence-electron chi connectivity index (χ3n) is 4.72. The molecule has 0 aliphatic heterocycles. The Morgan fingerprint density at radius 1 is 1.16 bits per heavy atom. The molecule has 4 aromatic rings. The molecule has 0 aliphatic carbocycles. The molecular weight excluding hydrogens is 474 g/mol. The average Bonchev–Trinajstić information content (AvgIpc) is 3.14. The Morgan fingerprint density at radius 2 is 1.94 bits per heavy atom. The number of rotatable bonds is 6. The number of thiophene rings is 1. The Hall–Kier alpha value is -2.77. The van der Waals surface area contributed by atoms with Crippen LogP contribution in [0.2, 0.25) is 0 Å². The van der Waals surface area contributed by atoms with Crippen LogP contribution in [0.25, 0.3) is 21.3 Å². The van der Waals surface area contributed by atoms with Gasteiger partial charge in [0.05, 0.1) is 17.1 Å². The molecule has 0 fully saturated rings. The molecule has 0 saturated heterocycles. The zero-order valence-corrected chi connectivity index (χ0v) is 19.9. The van der Waals surface area contributed by atoms with Crippen LogP contribution in [-0.4, -0.2) is 22.0 Å². The summed E-state index contributed by atoms with van der Waals surface area (Å²) < 4.78 is 6.36. The van der Waals surface area contributed by atoms with Gasteiger partial charge in [-0.1, -0.05) is 41.1 Å². The van der Waals surface area contributed by atoms with E-state index >= 15 is 0 Å². The van der Waals surface area contributed by atoms with Gasteiger partial charge in [0.25, 0.3) is 0 Å². The summed E-state index contributed by atoms with van der Waals surface area (Å²) in [5.74, 6) is 0.374. The maximum absolute atomic E-state index is 12.3. The molecule has 0 saturated carbocycles. The van der Waals surface area contributed by atoms with Gasteiger partial charge < -0.3 is 10.1 Å². The highest BCUT2D eigenvalue weighted by Gasteiger charge is 2.19. The van der Waals surface area contributed by atoms with Gasteiger partial charge in [-0.25, -0.2) is 14.8 Å². The molecule has 0 spiro atoms. The first-order valence-corrected chi connectivity index (χ1v) is 11.7. The van der Waals surface area contributed by atoms with Crippen LogP contribution in [0.3, 0.4) is 0 Å². The van der Waals surface area contributed by atoms with E-state index < -0.39 is 0 Å². The van der Waals surface area contributed by atoms with Crippen LogP contribution < -0.4 is 5.32 Å². The molecule has 0 unspecified atom stereocenters. The molecule has 2 aromatic carbocycles. The second-order valence-corrected chi connectivity index (χ2v) is 9.32. The lowest BCUT2D eigenvalue weighted by molar-refractivity contribution is 0.0378. The van der Waals surface area contributed by atoms with Gasteiger partial charge in [0.1, 0.15) is 17.0 Å². The molecule has 31 heavy (non-hydrogen) atoms. The fourth-order valence-electron chi connectivity index (χ4n) is 3.39. The van der Waals surface area contributed by atoms with E-state index in [1.807, 2.05) is 38.1 Å². The minimum atomic E-state index is -0.342. The number of benzene rings is 2. The standard InChI is InChI=1S/C24H22BrN3O2S/c1-4-19-20(15-8-10-17(25)11-9-15)21-22(26-13-27-23(21)31-19)28-18-7-5-6-16(12-18)24(29)30-14(2)3/h5-14H,4H2,1-3H3,(H,26,27,28). The maximum atomic E-state index is 12.3. The number of carbonyl (C=O) groups is 1. The number of ether oxygens (including phenoxy) is 1. The second-order valence-electron chi connectivity index (χ2n) is 7.32. The van der Waals surface area contributed by atoms with Gasteiger partial charge >= 0.3 is 5.97 Å². The van der Waals surface area contributed by atoms with Crippen molar-refractivity contribution in [3.8, 4) is 11.1 Å². The molecule has 1 N–H and O–H groups in total. The number of aromatic nitrogens is 2. The van der Waals surface area contributed by atoms with Crippen LogP contribution in [0.5, 0.6) is 0 Å². The Morgan fingerprint density at radius 3 is 2.65 bits per heavy atom. The van der Waals surface area contributed by atoms with Gasteiger partial charge in [-0.3, -0.25) is 0 Å². The number of esters is 1. The molecular formula is C24H22BrN3O2S. The lowest BCUT2D eigenvalue weighted by atomic mass is 10.0. The van der Waals surface area contributed by atoms with Gasteiger partial charge in [0, 0.05) is 20.6 Å². The molecule has 0 aliphatic rings. The van der Waals surface area contributed by atoms with Crippen molar-refractivity contribution in [3.63, 3.8) is 0 Å². The van der Waals surface area contributed by atoms with Gasteiger partial charge in [0.15, 0.2) is 0 Å². The molecule has 0 amide bonds. The first-order chi connectivity index (χ1) is 15.0. The van der Waals surface area contributed by atoms with Crippen molar-refractivity contribution >= 4 is 55.0 Å². The Kier molecular flexibility index (Phi) is 6.34.